The van der Waals surface area contributed by atoms with Crippen LogP contribution >= 0.6 is 0 Å². The van der Waals surface area contributed by atoms with Crippen molar-refractivity contribution in [1.82, 2.24) is 0 Å². The molecule has 0 unspecified atom stereocenters. The Morgan fingerprint density at radius 2 is 1.70 bits per heavy atom. The molecule has 20 heavy (non-hydrogen) atoms. The van der Waals surface area contributed by atoms with Crippen molar-refractivity contribution in [2.45, 2.75) is 6.92 Å². The lowest BCUT2D eigenvalue weighted by molar-refractivity contribution is 0.112. The number of hydrogen-bond donors (Lipinski definition) is 1. The summed E-state index contributed by atoms with van der Waals surface area (Å²) in [7, 11) is 0. The summed E-state index contributed by atoms with van der Waals surface area (Å²) in [5, 5.41) is 12.2. The van der Waals surface area contributed by atoms with Gasteiger partial charge >= 0.3 is 0 Å². The van der Waals surface area contributed by atoms with Gasteiger partial charge in [0.2, 0.25) is 0 Å². The SMILES string of the molecule is Cc1ccc(-c2ccc(C=O)c(O)c2)c2ccccc12. The maximum absolute atomic E-state index is 10.8. The van der Waals surface area contributed by atoms with E-state index in [1.165, 1.54) is 10.9 Å². The smallest absolute Gasteiger partial charge is 0.153 e. The predicted octanol–water partition coefficient (Wildman–Crippen LogP) is 4.33. The molecule has 0 radical (unpaired) electrons. The molecule has 0 fully saturated rings. The first-order valence-corrected chi connectivity index (χ1v) is 6.47. The van der Waals surface area contributed by atoms with E-state index in [9.17, 15) is 9.90 Å². The third-order valence-electron chi connectivity index (χ3n) is 3.61. The lowest BCUT2D eigenvalue weighted by Crippen LogP contribution is -1.86. The van der Waals surface area contributed by atoms with E-state index < -0.39 is 0 Å². The van der Waals surface area contributed by atoms with Gasteiger partial charge in [0, 0.05) is 0 Å². The third-order valence-corrected chi connectivity index (χ3v) is 3.61. The van der Waals surface area contributed by atoms with E-state index in [1.54, 1.807) is 12.1 Å². The predicted molar refractivity (Wildman–Crippen MR) is 81.2 cm³/mol. The molecular weight excluding hydrogens is 248 g/mol. The Morgan fingerprint density at radius 1 is 0.950 bits per heavy atom. The largest absolute Gasteiger partial charge is 0.507 e. The van der Waals surface area contributed by atoms with Gasteiger partial charge in [-0.3, -0.25) is 4.79 Å². The van der Waals surface area contributed by atoms with Gasteiger partial charge in [-0.15, -0.1) is 0 Å². The van der Waals surface area contributed by atoms with Crippen LogP contribution < -0.4 is 0 Å². The minimum Gasteiger partial charge on any atom is -0.507 e. The van der Waals surface area contributed by atoms with Crippen LogP contribution in [0.25, 0.3) is 21.9 Å². The molecule has 0 amide bonds. The number of aryl methyl sites for hydroxylation is 1. The molecule has 0 atom stereocenters. The molecule has 0 saturated carbocycles. The number of benzene rings is 3. The minimum atomic E-state index is 0.0159. The number of aromatic hydroxyl groups is 1. The second-order valence-electron chi connectivity index (χ2n) is 4.87. The molecule has 2 heteroatoms. The van der Waals surface area contributed by atoms with Gasteiger partial charge in [-0.25, -0.2) is 0 Å². The number of rotatable bonds is 2. The second-order valence-corrected chi connectivity index (χ2v) is 4.87. The monoisotopic (exact) mass is 262 g/mol. The maximum Gasteiger partial charge on any atom is 0.153 e. The van der Waals surface area contributed by atoms with Gasteiger partial charge in [0.1, 0.15) is 5.75 Å². The van der Waals surface area contributed by atoms with Gasteiger partial charge < -0.3 is 5.11 Å². The molecule has 0 aliphatic carbocycles. The van der Waals surface area contributed by atoms with Crippen LogP contribution in [0.3, 0.4) is 0 Å². The normalized spacial score (nSPS) is 10.7. The Morgan fingerprint density at radius 3 is 2.40 bits per heavy atom. The van der Waals surface area contributed by atoms with E-state index in [-0.39, 0.29) is 5.75 Å². The first-order chi connectivity index (χ1) is 9.70. The molecule has 0 aliphatic rings. The lowest BCUT2D eigenvalue weighted by Gasteiger charge is -2.10. The summed E-state index contributed by atoms with van der Waals surface area (Å²) in [6, 6.07) is 17.5. The van der Waals surface area contributed by atoms with Crippen molar-refractivity contribution in [3.8, 4) is 16.9 Å². The number of carbonyl (C=O) groups is 1. The summed E-state index contributed by atoms with van der Waals surface area (Å²) < 4.78 is 0. The van der Waals surface area contributed by atoms with Crippen LogP contribution in [0.4, 0.5) is 0 Å². The maximum atomic E-state index is 10.8. The molecule has 0 spiro atoms. The van der Waals surface area contributed by atoms with Gasteiger partial charge in [0.05, 0.1) is 5.56 Å². The summed E-state index contributed by atoms with van der Waals surface area (Å²) in [4.78, 5) is 10.8. The highest BCUT2D eigenvalue weighted by molar-refractivity contribution is 5.99. The van der Waals surface area contributed by atoms with Gasteiger partial charge in [-0.2, -0.15) is 0 Å². The molecule has 3 aromatic carbocycles. The van der Waals surface area contributed by atoms with Gasteiger partial charge in [0.15, 0.2) is 6.29 Å². The first-order valence-electron chi connectivity index (χ1n) is 6.47. The molecule has 0 aromatic heterocycles. The fraction of sp³-hybridized carbons (Fsp3) is 0.0556. The Labute approximate surface area is 117 Å². The van der Waals surface area contributed by atoms with Crippen LogP contribution in [0.5, 0.6) is 5.75 Å². The van der Waals surface area contributed by atoms with Crippen molar-refractivity contribution < 1.29 is 9.90 Å². The molecule has 0 aliphatic heterocycles. The van der Waals surface area contributed by atoms with Crippen molar-refractivity contribution in [3.63, 3.8) is 0 Å². The molecule has 0 saturated heterocycles. The molecule has 0 heterocycles. The van der Waals surface area contributed by atoms with Crippen molar-refractivity contribution in [2.75, 3.05) is 0 Å². The number of carbonyl (C=O) groups excluding carboxylic acids is 1. The summed E-state index contributed by atoms with van der Waals surface area (Å²) in [5.74, 6) is 0.0159. The number of phenolic OH excluding ortho intramolecular Hbond substituents is 1. The fourth-order valence-corrected chi connectivity index (χ4v) is 2.51. The summed E-state index contributed by atoms with van der Waals surface area (Å²) in [6.45, 7) is 2.08. The van der Waals surface area contributed by atoms with Crippen molar-refractivity contribution in [1.29, 1.82) is 0 Å². The van der Waals surface area contributed by atoms with Crippen LogP contribution in [-0.4, -0.2) is 11.4 Å². The van der Waals surface area contributed by atoms with E-state index in [4.69, 9.17) is 0 Å². The van der Waals surface area contributed by atoms with E-state index in [2.05, 4.69) is 25.1 Å². The van der Waals surface area contributed by atoms with E-state index >= 15 is 0 Å². The van der Waals surface area contributed by atoms with E-state index in [1.807, 2.05) is 24.3 Å². The van der Waals surface area contributed by atoms with Crippen molar-refractivity contribution in [2.24, 2.45) is 0 Å². The Hall–Kier alpha value is -2.61. The van der Waals surface area contributed by atoms with Crippen molar-refractivity contribution >= 4 is 17.1 Å². The quantitative estimate of drug-likeness (QED) is 0.698. The zero-order valence-corrected chi connectivity index (χ0v) is 11.1. The number of fused-ring (bicyclic) bond motifs is 1. The zero-order chi connectivity index (χ0) is 14.1. The van der Waals surface area contributed by atoms with Crippen molar-refractivity contribution in [3.05, 3.63) is 65.7 Å². The Balaban J connectivity index is 2.27. The van der Waals surface area contributed by atoms with Crippen LogP contribution in [0.2, 0.25) is 0 Å². The molecule has 1 N–H and O–H groups in total. The third kappa shape index (κ3) is 1.95. The number of aldehydes is 1. The summed E-state index contributed by atoms with van der Waals surface area (Å²) in [6.07, 6.45) is 0.659. The number of hydrogen-bond acceptors (Lipinski definition) is 2. The highest BCUT2D eigenvalue weighted by Gasteiger charge is 2.08. The van der Waals surface area contributed by atoms with Gasteiger partial charge in [-0.1, -0.05) is 42.5 Å². The second kappa shape index (κ2) is 4.82. The fourth-order valence-electron chi connectivity index (χ4n) is 2.51. The van der Waals surface area contributed by atoms with Crippen LogP contribution in [0.15, 0.2) is 54.6 Å². The summed E-state index contributed by atoms with van der Waals surface area (Å²) >= 11 is 0. The molecule has 3 aromatic rings. The highest BCUT2D eigenvalue weighted by atomic mass is 16.3. The number of phenols is 1. The van der Waals surface area contributed by atoms with Gasteiger partial charge in [-0.05, 0) is 46.5 Å². The molecular formula is C18H14O2. The Bertz CT molecular complexity index is 804. The zero-order valence-electron chi connectivity index (χ0n) is 11.1. The molecule has 2 nitrogen and oxygen atoms in total. The average Bonchev–Trinajstić information content (AvgIpc) is 2.48. The molecule has 3 rings (SSSR count). The van der Waals surface area contributed by atoms with E-state index in [0.717, 1.165) is 16.5 Å². The average molecular weight is 262 g/mol. The lowest BCUT2D eigenvalue weighted by atomic mass is 9.95. The highest BCUT2D eigenvalue weighted by Crippen LogP contribution is 2.32. The summed E-state index contributed by atoms with van der Waals surface area (Å²) in [5.41, 5.74) is 3.49. The van der Waals surface area contributed by atoms with Crippen LogP contribution in [0, 0.1) is 6.92 Å². The molecule has 98 valence electrons. The minimum absolute atomic E-state index is 0.0159. The first kappa shape index (κ1) is 12.4. The van der Waals surface area contributed by atoms with Crippen LogP contribution in [0.1, 0.15) is 15.9 Å². The molecule has 0 bridgehead atoms. The van der Waals surface area contributed by atoms with Crippen LogP contribution in [-0.2, 0) is 0 Å². The van der Waals surface area contributed by atoms with E-state index in [0.29, 0.717) is 11.8 Å². The standard InChI is InChI=1S/C18H14O2/c1-12-6-9-16(17-5-3-2-4-15(12)17)13-7-8-14(11-19)18(20)10-13/h2-11,20H,1H3. The Kier molecular flexibility index (Phi) is 2.99. The van der Waals surface area contributed by atoms with Gasteiger partial charge in [0.25, 0.3) is 0 Å². The topological polar surface area (TPSA) is 37.3 Å².